The molecule has 4 heteroatoms. The Morgan fingerprint density at radius 3 is 2.80 bits per heavy atom. The predicted octanol–water partition coefficient (Wildman–Crippen LogP) is 3.29. The van der Waals surface area contributed by atoms with Crippen LogP contribution in [-0.4, -0.2) is 20.3 Å². The van der Waals surface area contributed by atoms with E-state index in [0.29, 0.717) is 11.6 Å². The van der Waals surface area contributed by atoms with Crippen LogP contribution < -0.4 is 5.32 Å². The van der Waals surface area contributed by atoms with Crippen molar-refractivity contribution in [3.63, 3.8) is 0 Å². The van der Waals surface area contributed by atoms with E-state index in [1.165, 1.54) is 0 Å². The fourth-order valence-corrected chi connectivity index (χ4v) is 1.80. The zero-order valence-corrected chi connectivity index (χ0v) is 10.4. The van der Waals surface area contributed by atoms with Gasteiger partial charge in [0.05, 0.1) is 6.61 Å². The summed E-state index contributed by atoms with van der Waals surface area (Å²) in [5.41, 5.74) is 1.01. The van der Waals surface area contributed by atoms with E-state index in [1.807, 2.05) is 19.1 Å². The summed E-state index contributed by atoms with van der Waals surface area (Å²) in [5.74, 6) is 0. The molecule has 1 aromatic rings. The first-order chi connectivity index (χ1) is 7.15. The molecule has 0 aliphatic rings. The van der Waals surface area contributed by atoms with Crippen molar-refractivity contribution in [2.24, 2.45) is 0 Å². The highest BCUT2D eigenvalue weighted by molar-refractivity contribution is 6.33. The molecule has 0 aromatic heterocycles. The number of methoxy groups -OCH3 is 1. The third-order valence-corrected chi connectivity index (χ3v) is 2.76. The van der Waals surface area contributed by atoms with Crippen molar-refractivity contribution < 1.29 is 4.74 Å². The minimum atomic E-state index is 0.173. The molecule has 0 spiro atoms. The van der Waals surface area contributed by atoms with E-state index >= 15 is 0 Å². The van der Waals surface area contributed by atoms with E-state index in [4.69, 9.17) is 27.9 Å². The van der Waals surface area contributed by atoms with Crippen molar-refractivity contribution in [3.05, 3.63) is 33.8 Å². The van der Waals surface area contributed by atoms with E-state index in [1.54, 1.807) is 13.2 Å². The van der Waals surface area contributed by atoms with Crippen LogP contribution in [0.4, 0.5) is 0 Å². The number of hydrogen-bond acceptors (Lipinski definition) is 2. The lowest BCUT2D eigenvalue weighted by atomic mass is 10.1. The molecule has 0 fully saturated rings. The predicted molar refractivity (Wildman–Crippen MR) is 64.8 cm³/mol. The van der Waals surface area contributed by atoms with Gasteiger partial charge in [0.15, 0.2) is 0 Å². The highest BCUT2D eigenvalue weighted by Gasteiger charge is 2.09. The van der Waals surface area contributed by atoms with Crippen molar-refractivity contribution in [1.29, 1.82) is 0 Å². The molecule has 0 heterocycles. The zero-order valence-electron chi connectivity index (χ0n) is 8.89. The third kappa shape index (κ3) is 3.99. The van der Waals surface area contributed by atoms with Crippen molar-refractivity contribution in [2.75, 3.05) is 20.3 Å². The maximum absolute atomic E-state index is 6.07. The lowest BCUT2D eigenvalue weighted by Crippen LogP contribution is -2.23. The number of ether oxygens (including phenoxy) is 1. The highest BCUT2D eigenvalue weighted by atomic mass is 35.5. The van der Waals surface area contributed by atoms with Gasteiger partial charge in [-0.2, -0.15) is 0 Å². The average molecular weight is 248 g/mol. The van der Waals surface area contributed by atoms with E-state index in [2.05, 4.69) is 5.32 Å². The molecule has 1 aromatic carbocycles. The maximum atomic E-state index is 6.07. The monoisotopic (exact) mass is 247 g/mol. The van der Waals surface area contributed by atoms with Crippen molar-refractivity contribution >= 4 is 23.2 Å². The Kier molecular flexibility index (Phi) is 5.40. The highest BCUT2D eigenvalue weighted by Crippen LogP contribution is 2.25. The minimum Gasteiger partial charge on any atom is -0.383 e. The lowest BCUT2D eigenvalue weighted by Gasteiger charge is -2.15. The first-order valence-corrected chi connectivity index (χ1v) is 5.58. The Morgan fingerprint density at radius 2 is 2.13 bits per heavy atom. The summed E-state index contributed by atoms with van der Waals surface area (Å²) < 4.78 is 4.96. The van der Waals surface area contributed by atoms with Crippen LogP contribution in [0.3, 0.4) is 0 Å². The summed E-state index contributed by atoms with van der Waals surface area (Å²) in [5, 5.41) is 4.74. The molecule has 0 amide bonds. The first-order valence-electron chi connectivity index (χ1n) is 4.82. The molecule has 84 valence electrons. The summed E-state index contributed by atoms with van der Waals surface area (Å²) >= 11 is 12.0. The Hall–Kier alpha value is -0.280. The second kappa shape index (κ2) is 6.33. The molecular weight excluding hydrogens is 233 g/mol. The van der Waals surface area contributed by atoms with Gasteiger partial charge in [0, 0.05) is 29.7 Å². The van der Waals surface area contributed by atoms with Crippen LogP contribution in [0.2, 0.25) is 10.0 Å². The Balaban J connectivity index is 2.64. The van der Waals surface area contributed by atoms with E-state index in [-0.39, 0.29) is 6.04 Å². The van der Waals surface area contributed by atoms with E-state index in [0.717, 1.165) is 17.1 Å². The molecule has 15 heavy (non-hydrogen) atoms. The number of nitrogens with one attached hydrogen (secondary N) is 1. The first kappa shape index (κ1) is 12.8. The molecule has 1 unspecified atom stereocenters. The minimum absolute atomic E-state index is 0.173. The van der Waals surface area contributed by atoms with Crippen LogP contribution in [0.15, 0.2) is 18.2 Å². The maximum Gasteiger partial charge on any atom is 0.0587 e. The molecule has 0 saturated heterocycles. The summed E-state index contributed by atoms with van der Waals surface area (Å²) in [4.78, 5) is 0. The van der Waals surface area contributed by atoms with Crippen LogP contribution in [0.1, 0.15) is 18.5 Å². The summed E-state index contributed by atoms with van der Waals surface area (Å²) in [6, 6.07) is 5.66. The number of hydrogen-bond donors (Lipinski definition) is 1. The Morgan fingerprint density at radius 1 is 1.40 bits per heavy atom. The molecule has 1 atom stereocenters. The van der Waals surface area contributed by atoms with Gasteiger partial charge in [0.1, 0.15) is 0 Å². The van der Waals surface area contributed by atoms with Gasteiger partial charge in [0.2, 0.25) is 0 Å². The van der Waals surface area contributed by atoms with Gasteiger partial charge in [-0.15, -0.1) is 0 Å². The zero-order chi connectivity index (χ0) is 11.3. The van der Waals surface area contributed by atoms with Gasteiger partial charge in [-0.1, -0.05) is 23.2 Å². The second-order valence-electron chi connectivity index (χ2n) is 3.33. The standard InChI is InChI=1S/C11H15Cl2NO/c1-8(14-5-6-15-2)10-7-9(12)3-4-11(10)13/h3-4,7-8,14H,5-6H2,1-2H3. The van der Waals surface area contributed by atoms with Gasteiger partial charge < -0.3 is 10.1 Å². The molecule has 0 radical (unpaired) electrons. The molecule has 0 saturated carbocycles. The molecule has 2 nitrogen and oxygen atoms in total. The van der Waals surface area contributed by atoms with Crippen molar-refractivity contribution in [2.45, 2.75) is 13.0 Å². The van der Waals surface area contributed by atoms with Crippen LogP contribution in [-0.2, 0) is 4.74 Å². The largest absolute Gasteiger partial charge is 0.383 e. The van der Waals surface area contributed by atoms with Crippen molar-refractivity contribution in [1.82, 2.24) is 5.32 Å². The summed E-state index contributed by atoms with van der Waals surface area (Å²) in [6.45, 7) is 3.52. The average Bonchev–Trinajstić information content (AvgIpc) is 2.22. The molecule has 0 aliphatic carbocycles. The smallest absolute Gasteiger partial charge is 0.0587 e. The molecule has 0 bridgehead atoms. The number of rotatable bonds is 5. The Labute approximate surface area is 101 Å². The van der Waals surface area contributed by atoms with Gasteiger partial charge in [-0.3, -0.25) is 0 Å². The van der Waals surface area contributed by atoms with Crippen LogP contribution >= 0.6 is 23.2 Å². The van der Waals surface area contributed by atoms with Crippen molar-refractivity contribution in [3.8, 4) is 0 Å². The quantitative estimate of drug-likeness (QED) is 0.807. The number of halogens is 2. The second-order valence-corrected chi connectivity index (χ2v) is 4.18. The van der Waals surface area contributed by atoms with Crippen LogP contribution in [0.5, 0.6) is 0 Å². The molecular formula is C11H15Cl2NO. The van der Waals surface area contributed by atoms with Gasteiger partial charge in [0.25, 0.3) is 0 Å². The van der Waals surface area contributed by atoms with Crippen LogP contribution in [0, 0.1) is 0 Å². The lowest BCUT2D eigenvalue weighted by molar-refractivity contribution is 0.196. The molecule has 1 rings (SSSR count). The van der Waals surface area contributed by atoms with Gasteiger partial charge in [-0.25, -0.2) is 0 Å². The van der Waals surface area contributed by atoms with E-state index in [9.17, 15) is 0 Å². The normalized spacial score (nSPS) is 12.8. The summed E-state index contributed by atoms with van der Waals surface area (Å²) in [7, 11) is 1.68. The van der Waals surface area contributed by atoms with Gasteiger partial charge in [-0.05, 0) is 30.7 Å². The van der Waals surface area contributed by atoms with Gasteiger partial charge >= 0.3 is 0 Å². The fourth-order valence-electron chi connectivity index (χ4n) is 1.33. The SMILES string of the molecule is COCCNC(C)c1cc(Cl)ccc1Cl. The third-order valence-electron chi connectivity index (χ3n) is 2.18. The number of benzene rings is 1. The summed E-state index contributed by atoms with van der Waals surface area (Å²) in [6.07, 6.45) is 0. The topological polar surface area (TPSA) is 21.3 Å². The van der Waals surface area contributed by atoms with Crippen LogP contribution in [0.25, 0.3) is 0 Å². The molecule has 1 N–H and O–H groups in total. The van der Waals surface area contributed by atoms with E-state index < -0.39 is 0 Å². The fraction of sp³-hybridized carbons (Fsp3) is 0.455. The Bertz CT molecular complexity index is 317. The molecule has 0 aliphatic heterocycles.